The molecule has 142 valence electrons. The van der Waals surface area contributed by atoms with Gasteiger partial charge in [0.15, 0.2) is 0 Å². The van der Waals surface area contributed by atoms with E-state index >= 15 is 0 Å². The second-order valence-electron chi connectivity index (χ2n) is 8.06. The van der Waals surface area contributed by atoms with Crippen LogP contribution in [0.3, 0.4) is 0 Å². The number of hydrogen-bond acceptors (Lipinski definition) is 3. The highest BCUT2D eigenvalue weighted by Gasteiger charge is 2.38. The van der Waals surface area contributed by atoms with Crippen LogP contribution in [0.1, 0.15) is 49.9 Å². The predicted molar refractivity (Wildman–Crippen MR) is 105 cm³/mol. The Labute approximate surface area is 160 Å². The minimum atomic E-state index is -0.0469. The monoisotopic (exact) mass is 377 g/mol. The number of halogens is 1. The quantitative estimate of drug-likeness (QED) is 0.843. The molecule has 2 heterocycles. The van der Waals surface area contributed by atoms with Crippen molar-refractivity contribution in [2.75, 3.05) is 31.5 Å². The number of nitrogens with zero attached hydrogens (tertiary/aromatic N) is 1. The van der Waals surface area contributed by atoms with Crippen LogP contribution in [0.5, 0.6) is 0 Å². The van der Waals surface area contributed by atoms with Gasteiger partial charge in [0.1, 0.15) is 0 Å². The molecule has 6 heteroatoms. The fraction of sp³-hybridized carbons (Fsp3) is 0.600. The van der Waals surface area contributed by atoms with Crippen molar-refractivity contribution in [3.8, 4) is 0 Å². The first kappa shape index (κ1) is 19.2. The van der Waals surface area contributed by atoms with Crippen LogP contribution in [0.4, 0.5) is 5.69 Å². The molecule has 2 N–H and O–H groups in total. The van der Waals surface area contributed by atoms with Gasteiger partial charge in [0.05, 0.1) is 10.6 Å². The van der Waals surface area contributed by atoms with Crippen LogP contribution in [0, 0.1) is 11.3 Å². The van der Waals surface area contributed by atoms with Gasteiger partial charge in [-0.1, -0.05) is 25.4 Å². The van der Waals surface area contributed by atoms with Crippen LogP contribution in [-0.4, -0.2) is 42.9 Å². The van der Waals surface area contributed by atoms with Crippen molar-refractivity contribution in [1.29, 1.82) is 0 Å². The first-order valence-corrected chi connectivity index (χ1v) is 9.86. The van der Waals surface area contributed by atoms with Crippen LogP contribution in [0.25, 0.3) is 0 Å². The maximum absolute atomic E-state index is 13.0. The maximum Gasteiger partial charge on any atom is 0.255 e. The van der Waals surface area contributed by atoms with Gasteiger partial charge >= 0.3 is 0 Å². The standard InChI is InChI=1S/C20H28ClN3O2/c1-14(2)11-18(25)23-15-3-4-17(21)16(12-15)19(26)24-9-6-20(7-10-24)5-8-22-13-20/h3-4,12,14,22H,5-11,13H2,1-2H3,(H,23,25). The minimum Gasteiger partial charge on any atom is -0.339 e. The zero-order chi connectivity index (χ0) is 18.7. The Balaban J connectivity index is 1.67. The Hall–Kier alpha value is -1.59. The molecule has 0 atom stereocenters. The topological polar surface area (TPSA) is 61.4 Å². The Bertz CT molecular complexity index is 674. The van der Waals surface area contributed by atoms with Crippen molar-refractivity contribution in [2.45, 2.75) is 39.5 Å². The largest absolute Gasteiger partial charge is 0.339 e. The zero-order valence-corrected chi connectivity index (χ0v) is 16.4. The normalized spacial score (nSPS) is 19.2. The average Bonchev–Trinajstić information content (AvgIpc) is 3.04. The molecule has 3 rings (SSSR count). The van der Waals surface area contributed by atoms with E-state index in [-0.39, 0.29) is 17.7 Å². The number of likely N-dealkylation sites (tertiary alicyclic amines) is 1. The van der Waals surface area contributed by atoms with E-state index in [2.05, 4.69) is 10.6 Å². The first-order chi connectivity index (χ1) is 12.4. The van der Waals surface area contributed by atoms with E-state index in [0.29, 0.717) is 28.1 Å². The average molecular weight is 378 g/mol. The number of nitrogens with one attached hydrogen (secondary N) is 2. The minimum absolute atomic E-state index is 0.0456. The second-order valence-corrected chi connectivity index (χ2v) is 8.47. The molecule has 2 amide bonds. The van der Waals surface area contributed by atoms with Crippen molar-refractivity contribution < 1.29 is 9.59 Å². The molecule has 0 saturated carbocycles. The molecule has 0 unspecified atom stereocenters. The third-order valence-corrected chi connectivity index (χ3v) is 5.85. The van der Waals surface area contributed by atoms with Gasteiger partial charge in [0.2, 0.25) is 5.91 Å². The highest BCUT2D eigenvalue weighted by Crippen LogP contribution is 2.37. The van der Waals surface area contributed by atoms with Crippen LogP contribution in [0.15, 0.2) is 18.2 Å². The van der Waals surface area contributed by atoms with Crippen LogP contribution in [-0.2, 0) is 4.79 Å². The third-order valence-electron chi connectivity index (χ3n) is 5.52. The van der Waals surface area contributed by atoms with E-state index in [9.17, 15) is 9.59 Å². The molecule has 1 spiro atoms. The maximum atomic E-state index is 13.0. The first-order valence-electron chi connectivity index (χ1n) is 9.48. The summed E-state index contributed by atoms with van der Waals surface area (Å²) in [6.07, 6.45) is 3.73. The Morgan fingerprint density at radius 2 is 2.00 bits per heavy atom. The molecule has 2 saturated heterocycles. The van der Waals surface area contributed by atoms with E-state index in [0.717, 1.165) is 39.0 Å². The summed E-state index contributed by atoms with van der Waals surface area (Å²) in [5.74, 6) is 0.194. The molecule has 1 aromatic carbocycles. The molecule has 2 aliphatic heterocycles. The van der Waals surface area contributed by atoms with Gasteiger partial charge in [-0.25, -0.2) is 0 Å². The van der Waals surface area contributed by atoms with Gasteiger partial charge in [-0.2, -0.15) is 0 Å². The Kier molecular flexibility index (Phi) is 5.88. The fourth-order valence-electron chi connectivity index (χ4n) is 3.93. The SMILES string of the molecule is CC(C)CC(=O)Nc1ccc(Cl)c(C(=O)N2CCC3(CCNC3)CC2)c1. The second kappa shape index (κ2) is 7.97. The lowest BCUT2D eigenvalue weighted by Crippen LogP contribution is -2.44. The smallest absolute Gasteiger partial charge is 0.255 e. The fourth-order valence-corrected chi connectivity index (χ4v) is 4.12. The highest BCUT2D eigenvalue weighted by atomic mass is 35.5. The Morgan fingerprint density at radius 1 is 1.27 bits per heavy atom. The molecule has 2 aliphatic rings. The zero-order valence-electron chi connectivity index (χ0n) is 15.6. The Morgan fingerprint density at radius 3 is 2.62 bits per heavy atom. The van der Waals surface area contributed by atoms with Crippen molar-refractivity contribution in [3.05, 3.63) is 28.8 Å². The molecule has 1 aromatic rings. The number of rotatable bonds is 4. The third kappa shape index (κ3) is 4.38. The number of carbonyl (C=O) groups excluding carboxylic acids is 2. The summed E-state index contributed by atoms with van der Waals surface area (Å²) in [6.45, 7) is 7.67. The number of carbonyl (C=O) groups is 2. The van der Waals surface area contributed by atoms with Crippen LogP contribution >= 0.6 is 11.6 Å². The van der Waals surface area contributed by atoms with Gasteiger partial charge in [0, 0.05) is 31.7 Å². The van der Waals surface area contributed by atoms with Crippen LogP contribution < -0.4 is 10.6 Å². The predicted octanol–water partition coefficient (Wildman–Crippen LogP) is 3.54. The van der Waals surface area contributed by atoms with Crippen molar-refractivity contribution >= 4 is 29.1 Å². The lowest BCUT2D eigenvalue weighted by molar-refractivity contribution is -0.116. The molecule has 0 aromatic heterocycles. The summed E-state index contributed by atoms with van der Waals surface area (Å²) in [5, 5.41) is 6.73. The number of amides is 2. The number of anilines is 1. The molecular weight excluding hydrogens is 350 g/mol. The van der Waals surface area contributed by atoms with Gasteiger partial charge in [-0.15, -0.1) is 0 Å². The molecule has 26 heavy (non-hydrogen) atoms. The lowest BCUT2D eigenvalue weighted by Gasteiger charge is -2.39. The van der Waals surface area contributed by atoms with Crippen LogP contribution in [0.2, 0.25) is 5.02 Å². The van der Waals surface area contributed by atoms with E-state index < -0.39 is 0 Å². The number of piperidine rings is 1. The molecule has 0 aliphatic carbocycles. The molecule has 2 fully saturated rings. The highest BCUT2D eigenvalue weighted by molar-refractivity contribution is 6.34. The summed E-state index contributed by atoms with van der Waals surface area (Å²) < 4.78 is 0. The van der Waals surface area contributed by atoms with Crippen molar-refractivity contribution in [3.63, 3.8) is 0 Å². The summed E-state index contributed by atoms with van der Waals surface area (Å²) >= 11 is 6.28. The number of benzene rings is 1. The van der Waals surface area contributed by atoms with Gasteiger partial charge in [-0.05, 0) is 55.3 Å². The molecule has 0 radical (unpaired) electrons. The summed E-state index contributed by atoms with van der Waals surface area (Å²) in [7, 11) is 0. The van der Waals surface area contributed by atoms with E-state index in [4.69, 9.17) is 11.6 Å². The lowest BCUT2D eigenvalue weighted by atomic mass is 9.78. The molecular formula is C20H28ClN3O2. The summed E-state index contributed by atoms with van der Waals surface area (Å²) in [4.78, 5) is 26.8. The van der Waals surface area contributed by atoms with E-state index in [1.807, 2.05) is 18.7 Å². The van der Waals surface area contributed by atoms with E-state index in [1.165, 1.54) is 6.42 Å². The van der Waals surface area contributed by atoms with Gasteiger partial charge < -0.3 is 15.5 Å². The van der Waals surface area contributed by atoms with Gasteiger partial charge in [-0.3, -0.25) is 9.59 Å². The van der Waals surface area contributed by atoms with Gasteiger partial charge in [0.25, 0.3) is 5.91 Å². The molecule has 5 nitrogen and oxygen atoms in total. The summed E-state index contributed by atoms with van der Waals surface area (Å²) in [6, 6.07) is 5.13. The van der Waals surface area contributed by atoms with Crippen molar-refractivity contribution in [1.82, 2.24) is 10.2 Å². The summed E-state index contributed by atoms with van der Waals surface area (Å²) in [5.41, 5.74) is 1.46. The number of hydrogen-bond donors (Lipinski definition) is 2. The molecule has 0 bridgehead atoms. The van der Waals surface area contributed by atoms with E-state index in [1.54, 1.807) is 18.2 Å². The van der Waals surface area contributed by atoms with Crippen molar-refractivity contribution in [2.24, 2.45) is 11.3 Å².